The summed E-state index contributed by atoms with van der Waals surface area (Å²) in [5, 5.41) is 16.1. The van der Waals surface area contributed by atoms with E-state index in [9.17, 15) is 22.8 Å². The number of rotatable bonds is 4. The number of amides is 3. The van der Waals surface area contributed by atoms with E-state index in [1.807, 2.05) is 11.0 Å². The van der Waals surface area contributed by atoms with Gasteiger partial charge in [-0.25, -0.2) is 14.4 Å². The quantitative estimate of drug-likeness (QED) is 0.564. The maximum Gasteiger partial charge on any atom is 0.490 e. The summed E-state index contributed by atoms with van der Waals surface area (Å²) >= 11 is 0. The van der Waals surface area contributed by atoms with Crippen molar-refractivity contribution in [2.24, 2.45) is 5.92 Å². The minimum atomic E-state index is -5.08. The van der Waals surface area contributed by atoms with Crippen molar-refractivity contribution >= 4 is 29.5 Å². The van der Waals surface area contributed by atoms with E-state index in [1.165, 1.54) is 0 Å². The lowest BCUT2D eigenvalue weighted by Crippen LogP contribution is -2.42. The van der Waals surface area contributed by atoms with Crippen LogP contribution in [0.3, 0.4) is 0 Å². The minimum Gasteiger partial charge on any atom is -0.475 e. The Morgan fingerprint density at radius 1 is 1.29 bits per heavy atom. The lowest BCUT2D eigenvalue weighted by molar-refractivity contribution is -0.192. The Labute approximate surface area is 176 Å². The van der Waals surface area contributed by atoms with Crippen LogP contribution in [-0.2, 0) is 16.1 Å². The second kappa shape index (κ2) is 10.8. The molecule has 3 amide bonds. The van der Waals surface area contributed by atoms with Gasteiger partial charge in [-0.3, -0.25) is 5.32 Å². The molecule has 0 radical (unpaired) electrons. The van der Waals surface area contributed by atoms with Gasteiger partial charge in [-0.2, -0.15) is 13.2 Å². The van der Waals surface area contributed by atoms with Crippen molar-refractivity contribution in [2.75, 3.05) is 36.8 Å². The molecule has 9 nitrogen and oxygen atoms in total. The predicted octanol–water partition coefficient (Wildman–Crippen LogP) is 3.24. The van der Waals surface area contributed by atoms with E-state index >= 15 is 0 Å². The van der Waals surface area contributed by atoms with E-state index in [1.54, 1.807) is 12.1 Å². The summed E-state index contributed by atoms with van der Waals surface area (Å²) in [7, 11) is 0. The van der Waals surface area contributed by atoms with E-state index in [4.69, 9.17) is 14.6 Å². The number of anilines is 2. The number of carboxylic acids is 1. The Bertz CT molecular complexity index is 795. The summed E-state index contributed by atoms with van der Waals surface area (Å²) in [6.45, 7) is 5.92. The van der Waals surface area contributed by atoms with Crippen molar-refractivity contribution in [1.82, 2.24) is 10.2 Å². The van der Waals surface area contributed by atoms with Gasteiger partial charge in [-0.05, 0) is 50.0 Å². The number of urea groups is 1. The topological polar surface area (TPSA) is 120 Å². The maximum atomic E-state index is 12.4. The summed E-state index contributed by atoms with van der Waals surface area (Å²) in [6, 6.07) is 5.34. The summed E-state index contributed by atoms with van der Waals surface area (Å²) in [6.07, 6.45) is -3.46. The van der Waals surface area contributed by atoms with Gasteiger partial charge in [0.25, 0.3) is 0 Å². The molecule has 0 atom stereocenters. The second-order valence-corrected chi connectivity index (χ2v) is 7.04. The third-order valence-corrected chi connectivity index (χ3v) is 4.78. The average molecular weight is 446 g/mol. The molecule has 4 N–H and O–H groups in total. The zero-order valence-electron chi connectivity index (χ0n) is 16.9. The number of hydrogen-bond donors (Lipinski definition) is 4. The number of hydrogen-bond acceptors (Lipinski definition) is 5. The number of nitrogens with one attached hydrogen (secondary N) is 3. The third kappa shape index (κ3) is 7.63. The highest BCUT2D eigenvalue weighted by molar-refractivity contribution is 5.91. The predicted molar refractivity (Wildman–Crippen MR) is 106 cm³/mol. The number of cyclic esters (lactones) is 1. The van der Waals surface area contributed by atoms with Gasteiger partial charge in [0.05, 0.1) is 5.69 Å². The molecule has 0 unspecified atom stereocenters. The maximum absolute atomic E-state index is 12.4. The SMILES string of the molecule is CCNCC1CCN(C(=O)Nc2ccc3c(c2)COC(=O)N3)CC1.O=C(O)C(F)(F)F. The molecule has 1 aromatic rings. The van der Waals surface area contributed by atoms with Crippen LogP contribution in [0.5, 0.6) is 0 Å². The summed E-state index contributed by atoms with van der Waals surface area (Å²) in [4.78, 5) is 34.3. The molecule has 31 heavy (non-hydrogen) atoms. The number of aliphatic carboxylic acids is 1. The molecule has 2 aliphatic heterocycles. The van der Waals surface area contributed by atoms with Crippen LogP contribution in [-0.4, -0.2) is 60.5 Å². The van der Waals surface area contributed by atoms with Gasteiger partial charge in [-0.1, -0.05) is 6.92 Å². The largest absolute Gasteiger partial charge is 0.490 e. The zero-order chi connectivity index (χ0) is 23.0. The average Bonchev–Trinajstić information content (AvgIpc) is 2.72. The Balaban J connectivity index is 0.000000423. The first-order chi connectivity index (χ1) is 14.6. The van der Waals surface area contributed by atoms with E-state index in [-0.39, 0.29) is 12.6 Å². The van der Waals surface area contributed by atoms with Crippen molar-refractivity contribution in [3.63, 3.8) is 0 Å². The molecular weight excluding hydrogens is 421 g/mol. The Morgan fingerprint density at radius 3 is 2.52 bits per heavy atom. The number of nitrogens with zero attached hydrogens (tertiary/aromatic N) is 1. The van der Waals surface area contributed by atoms with E-state index < -0.39 is 18.2 Å². The van der Waals surface area contributed by atoms with Crippen molar-refractivity contribution in [3.8, 4) is 0 Å². The second-order valence-electron chi connectivity index (χ2n) is 7.04. The zero-order valence-corrected chi connectivity index (χ0v) is 16.9. The summed E-state index contributed by atoms with van der Waals surface area (Å²) in [5.41, 5.74) is 2.30. The van der Waals surface area contributed by atoms with Gasteiger partial charge in [0.2, 0.25) is 0 Å². The molecule has 12 heteroatoms. The van der Waals surface area contributed by atoms with Crippen LogP contribution in [0, 0.1) is 5.92 Å². The van der Waals surface area contributed by atoms with Gasteiger partial charge in [-0.15, -0.1) is 0 Å². The number of piperidine rings is 1. The first-order valence-electron chi connectivity index (χ1n) is 9.73. The van der Waals surface area contributed by atoms with Gasteiger partial charge in [0, 0.05) is 24.3 Å². The minimum absolute atomic E-state index is 0.0717. The van der Waals surface area contributed by atoms with Crippen molar-refractivity contribution < 1.29 is 37.4 Å². The van der Waals surface area contributed by atoms with Crippen molar-refractivity contribution in [2.45, 2.75) is 32.5 Å². The van der Waals surface area contributed by atoms with Crippen molar-refractivity contribution in [1.29, 1.82) is 0 Å². The number of carboxylic acid groups (broad SMARTS) is 1. The normalized spacial score (nSPS) is 16.3. The van der Waals surface area contributed by atoms with Gasteiger partial charge in [0.1, 0.15) is 6.61 Å². The first-order valence-corrected chi connectivity index (χ1v) is 9.73. The van der Waals surface area contributed by atoms with E-state index in [2.05, 4.69) is 22.9 Å². The van der Waals surface area contributed by atoms with Crippen LogP contribution in [0.1, 0.15) is 25.3 Å². The molecule has 0 aromatic heterocycles. The molecule has 1 aromatic carbocycles. The fraction of sp³-hybridized carbons (Fsp3) is 0.526. The first kappa shape index (κ1) is 24.3. The number of fused-ring (bicyclic) bond motifs is 1. The molecule has 3 rings (SSSR count). The molecule has 0 aliphatic carbocycles. The van der Waals surface area contributed by atoms with E-state index in [0.29, 0.717) is 11.6 Å². The van der Waals surface area contributed by atoms with Crippen LogP contribution < -0.4 is 16.0 Å². The molecule has 172 valence electrons. The highest BCUT2D eigenvalue weighted by atomic mass is 19.4. The van der Waals surface area contributed by atoms with E-state index in [0.717, 1.165) is 50.3 Å². The number of benzene rings is 1. The molecule has 1 saturated heterocycles. The van der Waals surface area contributed by atoms with Crippen LogP contribution in [0.15, 0.2) is 18.2 Å². The third-order valence-electron chi connectivity index (χ3n) is 4.78. The monoisotopic (exact) mass is 446 g/mol. The number of carbonyl (C=O) groups excluding carboxylic acids is 2. The molecule has 2 heterocycles. The molecule has 0 bridgehead atoms. The smallest absolute Gasteiger partial charge is 0.475 e. The molecule has 2 aliphatic rings. The Morgan fingerprint density at radius 2 is 1.94 bits per heavy atom. The molecule has 1 fully saturated rings. The highest BCUT2D eigenvalue weighted by Gasteiger charge is 2.38. The lowest BCUT2D eigenvalue weighted by atomic mass is 9.97. The fourth-order valence-corrected chi connectivity index (χ4v) is 3.09. The Kier molecular flexibility index (Phi) is 8.48. The van der Waals surface area contributed by atoms with Crippen molar-refractivity contribution in [3.05, 3.63) is 23.8 Å². The van der Waals surface area contributed by atoms with Crippen LogP contribution in [0.25, 0.3) is 0 Å². The van der Waals surface area contributed by atoms with Crippen LogP contribution >= 0.6 is 0 Å². The summed E-state index contributed by atoms with van der Waals surface area (Å²) < 4.78 is 36.7. The number of ether oxygens (including phenoxy) is 1. The van der Waals surface area contributed by atoms with Gasteiger partial charge >= 0.3 is 24.3 Å². The standard InChI is InChI=1S/C17H24N4O3.C2HF3O2/c1-2-18-10-12-5-7-21(8-6-12)16(22)19-14-3-4-15-13(9-14)11-24-17(23)20-15;3-2(4,5)1(6)7/h3-4,9,12,18H,2,5-8,10-11H2,1H3,(H,19,22)(H,20,23);(H,6,7). The number of carbonyl (C=O) groups is 3. The van der Waals surface area contributed by atoms with Gasteiger partial charge < -0.3 is 25.4 Å². The molecule has 0 spiro atoms. The highest BCUT2D eigenvalue weighted by Crippen LogP contribution is 2.25. The Hall–Kier alpha value is -3.02. The van der Waals surface area contributed by atoms with Crippen LogP contribution in [0.2, 0.25) is 0 Å². The number of likely N-dealkylation sites (tertiary alicyclic amines) is 1. The number of halogens is 3. The lowest BCUT2D eigenvalue weighted by Gasteiger charge is -2.32. The fourth-order valence-electron chi connectivity index (χ4n) is 3.09. The number of alkyl halides is 3. The summed E-state index contributed by atoms with van der Waals surface area (Å²) in [5.74, 6) is -2.11. The van der Waals surface area contributed by atoms with Crippen LogP contribution in [0.4, 0.5) is 34.1 Å². The molecular formula is C19H25F3N4O5. The molecule has 0 saturated carbocycles. The van der Waals surface area contributed by atoms with Gasteiger partial charge in [0.15, 0.2) is 0 Å².